The number of rotatable bonds is 2. The highest BCUT2D eigenvalue weighted by atomic mass is 16.3. The SMILES string of the molecule is Cc1cc(N2CCC(C(C)O)C2)ccc1C#N. The fourth-order valence-electron chi connectivity index (χ4n) is 2.39. The van der Waals surface area contributed by atoms with Gasteiger partial charge in [0.1, 0.15) is 0 Å². The molecule has 17 heavy (non-hydrogen) atoms. The summed E-state index contributed by atoms with van der Waals surface area (Å²) in [6.07, 6.45) is 0.802. The Bertz CT molecular complexity index is 448. The van der Waals surface area contributed by atoms with Gasteiger partial charge < -0.3 is 10.0 Å². The molecule has 1 fully saturated rings. The number of aliphatic hydroxyl groups is 1. The number of nitriles is 1. The van der Waals surface area contributed by atoms with Crippen LogP contribution in [-0.2, 0) is 0 Å². The largest absolute Gasteiger partial charge is 0.393 e. The molecule has 1 N–H and O–H groups in total. The Kier molecular flexibility index (Phi) is 3.35. The van der Waals surface area contributed by atoms with Crippen molar-refractivity contribution in [3.05, 3.63) is 29.3 Å². The van der Waals surface area contributed by atoms with Crippen LogP contribution in [0, 0.1) is 24.2 Å². The van der Waals surface area contributed by atoms with Crippen LogP contribution in [0.5, 0.6) is 0 Å². The van der Waals surface area contributed by atoms with Gasteiger partial charge in [0.15, 0.2) is 0 Å². The van der Waals surface area contributed by atoms with E-state index in [2.05, 4.69) is 17.0 Å². The summed E-state index contributed by atoms with van der Waals surface area (Å²) in [5, 5.41) is 18.5. The minimum Gasteiger partial charge on any atom is -0.393 e. The molecule has 1 aromatic carbocycles. The second-order valence-corrected chi connectivity index (χ2v) is 4.85. The van der Waals surface area contributed by atoms with Crippen molar-refractivity contribution in [2.75, 3.05) is 18.0 Å². The van der Waals surface area contributed by atoms with Crippen LogP contribution in [0.15, 0.2) is 18.2 Å². The van der Waals surface area contributed by atoms with Crippen molar-refractivity contribution in [2.24, 2.45) is 5.92 Å². The van der Waals surface area contributed by atoms with Crippen LogP contribution in [0.3, 0.4) is 0 Å². The van der Waals surface area contributed by atoms with Crippen LogP contribution in [0.4, 0.5) is 5.69 Å². The maximum atomic E-state index is 9.58. The van der Waals surface area contributed by atoms with Crippen molar-refractivity contribution in [3.8, 4) is 6.07 Å². The van der Waals surface area contributed by atoms with Crippen LogP contribution in [-0.4, -0.2) is 24.3 Å². The molecule has 2 unspecified atom stereocenters. The predicted molar refractivity (Wildman–Crippen MR) is 67.9 cm³/mol. The number of aliphatic hydroxyl groups excluding tert-OH is 1. The van der Waals surface area contributed by atoms with Crippen molar-refractivity contribution in [3.63, 3.8) is 0 Å². The van der Waals surface area contributed by atoms with Gasteiger partial charge in [0.05, 0.1) is 17.7 Å². The first-order chi connectivity index (χ1) is 8.11. The second kappa shape index (κ2) is 4.77. The standard InChI is InChI=1S/C14H18N2O/c1-10-7-14(4-3-12(10)8-15)16-6-5-13(9-16)11(2)17/h3-4,7,11,13,17H,5-6,9H2,1-2H3. The Hall–Kier alpha value is -1.53. The molecule has 3 heteroatoms. The fraction of sp³-hybridized carbons (Fsp3) is 0.500. The van der Waals surface area contributed by atoms with Gasteiger partial charge in [0.2, 0.25) is 0 Å². The Morgan fingerprint density at radius 3 is 2.82 bits per heavy atom. The van der Waals surface area contributed by atoms with E-state index in [0.29, 0.717) is 5.92 Å². The molecule has 90 valence electrons. The molecule has 0 spiro atoms. The summed E-state index contributed by atoms with van der Waals surface area (Å²) < 4.78 is 0. The third-order valence-corrected chi connectivity index (χ3v) is 3.60. The lowest BCUT2D eigenvalue weighted by molar-refractivity contribution is 0.136. The van der Waals surface area contributed by atoms with Gasteiger partial charge in [0, 0.05) is 24.7 Å². The average Bonchev–Trinajstić information content (AvgIpc) is 2.78. The van der Waals surface area contributed by atoms with E-state index in [0.717, 1.165) is 36.3 Å². The first-order valence-electron chi connectivity index (χ1n) is 6.05. The highest BCUT2D eigenvalue weighted by molar-refractivity contribution is 5.54. The topological polar surface area (TPSA) is 47.3 Å². The van der Waals surface area contributed by atoms with Crippen LogP contribution in [0.1, 0.15) is 24.5 Å². The van der Waals surface area contributed by atoms with Crippen molar-refractivity contribution in [1.29, 1.82) is 5.26 Å². The molecule has 1 heterocycles. The van der Waals surface area contributed by atoms with Gasteiger partial charge in [0.25, 0.3) is 0 Å². The molecule has 2 rings (SSSR count). The number of aryl methyl sites for hydroxylation is 1. The van der Waals surface area contributed by atoms with Crippen LogP contribution >= 0.6 is 0 Å². The van der Waals surface area contributed by atoms with E-state index in [1.165, 1.54) is 0 Å². The fourth-order valence-corrected chi connectivity index (χ4v) is 2.39. The third-order valence-electron chi connectivity index (χ3n) is 3.60. The Balaban J connectivity index is 2.15. The van der Waals surface area contributed by atoms with E-state index in [1.807, 2.05) is 26.0 Å². The Labute approximate surface area is 102 Å². The number of nitrogens with zero attached hydrogens (tertiary/aromatic N) is 2. The summed E-state index contributed by atoms with van der Waals surface area (Å²) in [5.41, 5.74) is 2.91. The molecule has 0 radical (unpaired) electrons. The maximum absolute atomic E-state index is 9.58. The Morgan fingerprint density at radius 2 is 2.29 bits per heavy atom. The molecule has 0 saturated carbocycles. The lowest BCUT2D eigenvalue weighted by Crippen LogP contribution is -2.23. The molecular formula is C14H18N2O. The number of anilines is 1. The summed E-state index contributed by atoms with van der Waals surface area (Å²) in [4.78, 5) is 2.28. The van der Waals surface area contributed by atoms with Gasteiger partial charge in [-0.25, -0.2) is 0 Å². The van der Waals surface area contributed by atoms with E-state index in [9.17, 15) is 5.11 Å². The maximum Gasteiger partial charge on any atom is 0.0994 e. The average molecular weight is 230 g/mol. The van der Waals surface area contributed by atoms with Gasteiger partial charge in [-0.05, 0) is 44.0 Å². The minimum absolute atomic E-state index is 0.237. The van der Waals surface area contributed by atoms with Gasteiger partial charge in [-0.2, -0.15) is 5.26 Å². The molecule has 1 aliphatic rings. The summed E-state index contributed by atoms with van der Waals surface area (Å²) in [6.45, 7) is 5.71. The van der Waals surface area contributed by atoms with Crippen LogP contribution in [0.25, 0.3) is 0 Å². The zero-order valence-electron chi connectivity index (χ0n) is 10.3. The summed E-state index contributed by atoms with van der Waals surface area (Å²) in [5.74, 6) is 0.367. The van der Waals surface area contributed by atoms with Crippen molar-refractivity contribution in [2.45, 2.75) is 26.4 Å². The molecule has 2 atom stereocenters. The normalized spacial score (nSPS) is 21.3. The van der Waals surface area contributed by atoms with E-state index in [-0.39, 0.29) is 6.10 Å². The summed E-state index contributed by atoms with van der Waals surface area (Å²) >= 11 is 0. The molecule has 1 aliphatic heterocycles. The zero-order chi connectivity index (χ0) is 12.4. The van der Waals surface area contributed by atoms with Crippen molar-refractivity contribution < 1.29 is 5.11 Å². The van der Waals surface area contributed by atoms with Crippen molar-refractivity contribution in [1.82, 2.24) is 0 Å². The van der Waals surface area contributed by atoms with Gasteiger partial charge in [-0.15, -0.1) is 0 Å². The Morgan fingerprint density at radius 1 is 1.53 bits per heavy atom. The van der Waals surface area contributed by atoms with E-state index in [1.54, 1.807) is 0 Å². The molecule has 3 nitrogen and oxygen atoms in total. The second-order valence-electron chi connectivity index (χ2n) is 4.85. The van der Waals surface area contributed by atoms with Gasteiger partial charge in [-0.1, -0.05) is 0 Å². The van der Waals surface area contributed by atoms with Crippen LogP contribution < -0.4 is 4.90 Å². The summed E-state index contributed by atoms with van der Waals surface area (Å²) in [7, 11) is 0. The molecule has 1 saturated heterocycles. The molecular weight excluding hydrogens is 212 g/mol. The highest BCUT2D eigenvalue weighted by Gasteiger charge is 2.26. The quantitative estimate of drug-likeness (QED) is 0.846. The number of benzene rings is 1. The zero-order valence-corrected chi connectivity index (χ0v) is 10.3. The highest BCUT2D eigenvalue weighted by Crippen LogP contribution is 2.27. The van der Waals surface area contributed by atoms with Gasteiger partial charge >= 0.3 is 0 Å². The molecule has 0 amide bonds. The number of hydrogen-bond donors (Lipinski definition) is 1. The first-order valence-corrected chi connectivity index (χ1v) is 6.05. The molecule has 0 aromatic heterocycles. The van der Waals surface area contributed by atoms with Crippen molar-refractivity contribution >= 4 is 5.69 Å². The minimum atomic E-state index is -0.237. The smallest absolute Gasteiger partial charge is 0.0994 e. The van der Waals surface area contributed by atoms with Gasteiger partial charge in [-0.3, -0.25) is 0 Å². The molecule has 0 bridgehead atoms. The predicted octanol–water partition coefficient (Wildman–Crippen LogP) is 2.07. The van der Waals surface area contributed by atoms with E-state index < -0.39 is 0 Å². The third kappa shape index (κ3) is 2.42. The molecule has 0 aliphatic carbocycles. The summed E-state index contributed by atoms with van der Waals surface area (Å²) in [6, 6.07) is 8.11. The van der Waals surface area contributed by atoms with E-state index >= 15 is 0 Å². The lowest BCUT2D eigenvalue weighted by atomic mass is 10.0. The molecule has 1 aromatic rings. The van der Waals surface area contributed by atoms with E-state index in [4.69, 9.17) is 5.26 Å². The first kappa shape index (κ1) is 11.9. The monoisotopic (exact) mass is 230 g/mol. The lowest BCUT2D eigenvalue weighted by Gasteiger charge is -2.20. The number of hydrogen-bond acceptors (Lipinski definition) is 3. The van der Waals surface area contributed by atoms with Crippen LogP contribution in [0.2, 0.25) is 0 Å².